The fraction of sp³-hybridized carbons (Fsp3) is 0.417. The Balaban J connectivity index is 2.91. The van der Waals surface area contributed by atoms with Crippen LogP contribution in [0.5, 0.6) is 11.5 Å². The molecule has 0 saturated heterocycles. The molecule has 0 radical (unpaired) electrons. The van der Waals surface area contributed by atoms with E-state index in [1.807, 2.05) is 13.8 Å². The number of hydrogen-bond donors (Lipinski definition) is 4. The molecule has 0 fully saturated rings. The summed E-state index contributed by atoms with van der Waals surface area (Å²) >= 11 is 0. The van der Waals surface area contributed by atoms with Gasteiger partial charge in [-0.05, 0) is 38.9 Å². The van der Waals surface area contributed by atoms with Crippen LogP contribution in [0.2, 0.25) is 0 Å². The minimum Gasteiger partial charge on any atom is -0.507 e. The highest BCUT2D eigenvalue weighted by Crippen LogP contribution is 2.26. The van der Waals surface area contributed by atoms with Crippen LogP contribution in [0.4, 0.5) is 0 Å². The van der Waals surface area contributed by atoms with Gasteiger partial charge in [0.15, 0.2) is 0 Å². The van der Waals surface area contributed by atoms with Gasteiger partial charge in [-0.2, -0.15) is 0 Å². The highest BCUT2D eigenvalue weighted by molar-refractivity contribution is 5.99. The maximum Gasteiger partial charge on any atom is 0.259 e. The van der Waals surface area contributed by atoms with Crippen LogP contribution in [0, 0.1) is 0 Å². The summed E-state index contributed by atoms with van der Waals surface area (Å²) in [6, 6.07) is 4.17. The highest BCUT2D eigenvalue weighted by Gasteiger charge is 2.23. The largest absolute Gasteiger partial charge is 0.507 e. The third kappa shape index (κ3) is 3.35. The van der Waals surface area contributed by atoms with Gasteiger partial charge in [0.05, 0.1) is 0 Å². The average molecular weight is 238 g/mol. The van der Waals surface area contributed by atoms with Crippen LogP contribution in [-0.2, 0) is 0 Å². The van der Waals surface area contributed by atoms with Gasteiger partial charge in [0.1, 0.15) is 17.1 Å². The number of benzene rings is 1. The van der Waals surface area contributed by atoms with Crippen molar-refractivity contribution < 1.29 is 15.0 Å². The Labute approximate surface area is 100 Å². The predicted molar refractivity (Wildman–Crippen MR) is 65.0 cm³/mol. The summed E-state index contributed by atoms with van der Waals surface area (Å²) in [5.41, 5.74) is 4.84. The number of amides is 1. The van der Waals surface area contributed by atoms with Crippen LogP contribution >= 0.6 is 0 Å². The third-order valence-corrected chi connectivity index (χ3v) is 2.47. The molecule has 0 atom stereocenters. The summed E-state index contributed by atoms with van der Waals surface area (Å²) in [6.07, 6.45) is 0.604. The zero-order valence-electron chi connectivity index (χ0n) is 10.0. The molecular formula is C12H18N2O3. The van der Waals surface area contributed by atoms with Crippen LogP contribution < -0.4 is 11.1 Å². The Morgan fingerprint density at radius 2 is 1.88 bits per heavy atom. The first-order valence-corrected chi connectivity index (χ1v) is 5.41. The van der Waals surface area contributed by atoms with Crippen molar-refractivity contribution >= 4 is 5.91 Å². The number of nitrogens with one attached hydrogen (secondary N) is 1. The van der Waals surface area contributed by atoms with Crippen molar-refractivity contribution in [3.8, 4) is 11.5 Å². The molecule has 1 aromatic rings. The van der Waals surface area contributed by atoms with Crippen molar-refractivity contribution in [2.45, 2.75) is 25.8 Å². The number of carbonyl (C=O) groups is 1. The van der Waals surface area contributed by atoms with E-state index in [0.717, 1.165) is 0 Å². The number of aromatic hydroxyl groups is 2. The van der Waals surface area contributed by atoms with Gasteiger partial charge in [-0.1, -0.05) is 6.07 Å². The number of phenols is 2. The monoisotopic (exact) mass is 238 g/mol. The zero-order chi connectivity index (χ0) is 13.1. The molecule has 0 aliphatic rings. The van der Waals surface area contributed by atoms with E-state index in [1.54, 1.807) is 0 Å². The first-order chi connectivity index (χ1) is 7.87. The van der Waals surface area contributed by atoms with Gasteiger partial charge in [0.25, 0.3) is 5.91 Å². The lowest BCUT2D eigenvalue weighted by atomic mass is 10.00. The second kappa shape index (κ2) is 5.05. The molecule has 1 amide bonds. The van der Waals surface area contributed by atoms with Crippen LogP contribution in [0.25, 0.3) is 0 Å². The van der Waals surface area contributed by atoms with E-state index in [9.17, 15) is 15.0 Å². The lowest BCUT2D eigenvalue weighted by Crippen LogP contribution is -2.44. The summed E-state index contributed by atoms with van der Waals surface area (Å²) in [4.78, 5) is 11.9. The quantitative estimate of drug-likeness (QED) is 0.628. The SMILES string of the molecule is CC(C)(CCN)NC(=O)c1c(O)cccc1O. The van der Waals surface area contributed by atoms with Crippen LogP contribution in [-0.4, -0.2) is 28.2 Å². The molecule has 94 valence electrons. The molecule has 0 aromatic heterocycles. The first kappa shape index (κ1) is 13.3. The number of rotatable bonds is 4. The summed E-state index contributed by atoms with van der Waals surface area (Å²) in [5.74, 6) is -1.00. The summed E-state index contributed by atoms with van der Waals surface area (Å²) in [7, 11) is 0. The van der Waals surface area contributed by atoms with Crippen LogP contribution in [0.15, 0.2) is 18.2 Å². The Morgan fingerprint density at radius 1 is 1.35 bits per heavy atom. The van der Waals surface area contributed by atoms with Crippen molar-refractivity contribution in [3.05, 3.63) is 23.8 Å². The molecule has 0 bridgehead atoms. The minimum absolute atomic E-state index is 0.113. The van der Waals surface area contributed by atoms with E-state index < -0.39 is 11.4 Å². The second-order valence-corrected chi connectivity index (χ2v) is 4.55. The highest BCUT2D eigenvalue weighted by atomic mass is 16.3. The Morgan fingerprint density at radius 3 is 2.35 bits per heavy atom. The molecular weight excluding hydrogens is 220 g/mol. The van der Waals surface area contributed by atoms with E-state index in [2.05, 4.69) is 5.32 Å². The lowest BCUT2D eigenvalue weighted by Gasteiger charge is -2.25. The van der Waals surface area contributed by atoms with Crippen molar-refractivity contribution in [2.24, 2.45) is 5.73 Å². The third-order valence-electron chi connectivity index (χ3n) is 2.47. The number of phenolic OH excluding ortho intramolecular Hbond substituents is 2. The maximum atomic E-state index is 11.9. The van der Waals surface area contributed by atoms with Crippen molar-refractivity contribution in [1.29, 1.82) is 0 Å². The number of carbonyl (C=O) groups excluding carboxylic acids is 1. The van der Waals surface area contributed by atoms with Crippen molar-refractivity contribution in [2.75, 3.05) is 6.54 Å². The van der Waals surface area contributed by atoms with Gasteiger partial charge < -0.3 is 21.3 Å². The zero-order valence-corrected chi connectivity index (χ0v) is 10.0. The lowest BCUT2D eigenvalue weighted by molar-refractivity contribution is 0.0905. The van der Waals surface area contributed by atoms with Gasteiger partial charge in [-0.15, -0.1) is 0 Å². The fourth-order valence-corrected chi connectivity index (χ4v) is 1.55. The molecule has 5 N–H and O–H groups in total. The molecule has 1 aromatic carbocycles. The van der Waals surface area contributed by atoms with Crippen molar-refractivity contribution in [3.63, 3.8) is 0 Å². The van der Waals surface area contributed by atoms with E-state index in [4.69, 9.17) is 5.73 Å². The molecule has 0 saturated carbocycles. The van der Waals surface area contributed by atoms with Crippen LogP contribution in [0.3, 0.4) is 0 Å². The van der Waals surface area contributed by atoms with Gasteiger partial charge in [0.2, 0.25) is 0 Å². The summed E-state index contributed by atoms with van der Waals surface area (Å²) in [5, 5.41) is 21.8. The molecule has 0 spiro atoms. The normalized spacial score (nSPS) is 11.2. The average Bonchev–Trinajstić information content (AvgIpc) is 2.15. The topological polar surface area (TPSA) is 95.6 Å². The van der Waals surface area contributed by atoms with Gasteiger partial charge in [-0.25, -0.2) is 0 Å². The Kier molecular flexibility index (Phi) is 3.96. The summed E-state index contributed by atoms with van der Waals surface area (Å²) < 4.78 is 0. The van der Waals surface area contributed by atoms with Crippen LogP contribution in [0.1, 0.15) is 30.6 Å². The molecule has 1 rings (SSSR count). The fourth-order valence-electron chi connectivity index (χ4n) is 1.55. The van der Waals surface area contributed by atoms with Gasteiger partial charge in [0, 0.05) is 5.54 Å². The van der Waals surface area contributed by atoms with Crippen molar-refractivity contribution in [1.82, 2.24) is 5.32 Å². The van der Waals surface area contributed by atoms with Gasteiger partial charge >= 0.3 is 0 Å². The molecule has 0 unspecified atom stereocenters. The standard InChI is InChI=1S/C12H18N2O3/c1-12(2,6-7-13)14-11(17)10-8(15)4-3-5-9(10)16/h3-5,15-16H,6-7,13H2,1-2H3,(H,14,17). The van der Waals surface area contributed by atoms with E-state index in [-0.39, 0.29) is 17.1 Å². The molecule has 5 nitrogen and oxygen atoms in total. The Bertz CT molecular complexity index is 396. The first-order valence-electron chi connectivity index (χ1n) is 5.41. The van der Waals surface area contributed by atoms with Gasteiger partial charge in [-0.3, -0.25) is 4.79 Å². The minimum atomic E-state index is -0.515. The molecule has 0 aliphatic heterocycles. The molecule has 17 heavy (non-hydrogen) atoms. The maximum absolute atomic E-state index is 11.9. The second-order valence-electron chi connectivity index (χ2n) is 4.55. The molecule has 0 heterocycles. The number of nitrogens with two attached hydrogens (primary N) is 1. The van der Waals surface area contributed by atoms with E-state index >= 15 is 0 Å². The molecule has 5 heteroatoms. The van der Waals surface area contributed by atoms with E-state index in [1.165, 1.54) is 18.2 Å². The number of hydrogen-bond acceptors (Lipinski definition) is 4. The molecule has 0 aliphatic carbocycles. The smallest absolute Gasteiger partial charge is 0.259 e. The Hall–Kier alpha value is -1.75. The summed E-state index contributed by atoms with van der Waals surface area (Å²) in [6.45, 7) is 4.10. The predicted octanol–water partition coefficient (Wildman–Crippen LogP) is 0.955. The van der Waals surface area contributed by atoms with E-state index in [0.29, 0.717) is 13.0 Å².